The number of aliphatic hydroxyl groups is 1. The first-order valence-electron chi connectivity index (χ1n) is 6.87. The molecule has 1 aromatic heterocycles. The van der Waals surface area contributed by atoms with E-state index >= 15 is 0 Å². The van der Waals surface area contributed by atoms with Crippen LogP contribution < -0.4 is 5.32 Å². The van der Waals surface area contributed by atoms with Crippen molar-refractivity contribution in [3.05, 3.63) is 48.0 Å². The summed E-state index contributed by atoms with van der Waals surface area (Å²) in [5.74, 6) is -0.253. The SMILES string of the molecule is CCC(O)CCNCc1cnn(-c2ccc(F)cc2)c1. The molecule has 1 aromatic carbocycles. The summed E-state index contributed by atoms with van der Waals surface area (Å²) in [5, 5.41) is 17.0. The van der Waals surface area contributed by atoms with E-state index in [0.29, 0.717) is 6.54 Å². The Kier molecular flexibility index (Phi) is 5.26. The summed E-state index contributed by atoms with van der Waals surface area (Å²) in [6, 6.07) is 6.22. The molecule has 0 aliphatic heterocycles. The summed E-state index contributed by atoms with van der Waals surface area (Å²) in [6.07, 6.45) is 5.00. The van der Waals surface area contributed by atoms with E-state index in [1.54, 1.807) is 23.0 Å². The molecule has 0 spiro atoms. The predicted octanol–water partition coefficient (Wildman–Crippen LogP) is 2.26. The molecule has 2 rings (SSSR count). The number of hydrogen-bond acceptors (Lipinski definition) is 3. The van der Waals surface area contributed by atoms with Crippen molar-refractivity contribution < 1.29 is 9.50 Å². The molecule has 20 heavy (non-hydrogen) atoms. The average Bonchev–Trinajstić information content (AvgIpc) is 2.93. The zero-order chi connectivity index (χ0) is 14.4. The van der Waals surface area contributed by atoms with Crippen molar-refractivity contribution in [1.82, 2.24) is 15.1 Å². The van der Waals surface area contributed by atoms with Crippen LogP contribution in [0.15, 0.2) is 36.7 Å². The van der Waals surface area contributed by atoms with E-state index in [2.05, 4.69) is 10.4 Å². The Balaban J connectivity index is 1.85. The van der Waals surface area contributed by atoms with Gasteiger partial charge in [0.15, 0.2) is 0 Å². The molecule has 108 valence electrons. The molecule has 1 heterocycles. The number of aromatic nitrogens is 2. The van der Waals surface area contributed by atoms with Crippen LogP contribution in [0.25, 0.3) is 5.69 Å². The summed E-state index contributed by atoms with van der Waals surface area (Å²) in [6.45, 7) is 3.45. The van der Waals surface area contributed by atoms with Gasteiger partial charge < -0.3 is 10.4 Å². The van der Waals surface area contributed by atoms with Gasteiger partial charge in [-0.05, 0) is 43.7 Å². The fourth-order valence-electron chi connectivity index (χ4n) is 1.89. The first-order valence-corrected chi connectivity index (χ1v) is 6.87. The minimum absolute atomic E-state index is 0.232. The van der Waals surface area contributed by atoms with Gasteiger partial charge in [-0.25, -0.2) is 9.07 Å². The van der Waals surface area contributed by atoms with Gasteiger partial charge in [-0.3, -0.25) is 0 Å². The van der Waals surface area contributed by atoms with E-state index in [4.69, 9.17) is 0 Å². The minimum atomic E-state index is -0.253. The molecule has 1 unspecified atom stereocenters. The maximum Gasteiger partial charge on any atom is 0.123 e. The van der Waals surface area contributed by atoms with Gasteiger partial charge in [0.05, 0.1) is 18.0 Å². The lowest BCUT2D eigenvalue weighted by Gasteiger charge is -2.07. The Morgan fingerprint density at radius 3 is 2.80 bits per heavy atom. The predicted molar refractivity (Wildman–Crippen MR) is 76.1 cm³/mol. The lowest BCUT2D eigenvalue weighted by atomic mass is 10.2. The number of benzene rings is 1. The van der Waals surface area contributed by atoms with Crippen LogP contribution in [-0.2, 0) is 6.54 Å². The first-order chi connectivity index (χ1) is 9.69. The van der Waals surface area contributed by atoms with Crippen LogP contribution in [0.5, 0.6) is 0 Å². The first kappa shape index (κ1) is 14.7. The van der Waals surface area contributed by atoms with Crippen molar-refractivity contribution >= 4 is 0 Å². The standard InChI is InChI=1S/C15H20FN3O/c1-2-15(20)7-8-17-9-12-10-18-19(11-12)14-5-3-13(16)4-6-14/h3-6,10-11,15,17,20H,2,7-9H2,1H3. The van der Waals surface area contributed by atoms with Gasteiger partial charge in [-0.2, -0.15) is 5.10 Å². The molecule has 0 fully saturated rings. The molecule has 5 heteroatoms. The van der Waals surface area contributed by atoms with Crippen LogP contribution >= 0.6 is 0 Å². The van der Waals surface area contributed by atoms with E-state index in [0.717, 1.165) is 30.6 Å². The van der Waals surface area contributed by atoms with Gasteiger partial charge in [0.2, 0.25) is 0 Å². The summed E-state index contributed by atoms with van der Waals surface area (Å²) in [7, 11) is 0. The monoisotopic (exact) mass is 277 g/mol. The van der Waals surface area contributed by atoms with E-state index < -0.39 is 0 Å². The molecule has 0 aliphatic rings. The number of rotatable bonds is 7. The third kappa shape index (κ3) is 4.15. The molecule has 0 saturated carbocycles. The summed E-state index contributed by atoms with van der Waals surface area (Å²) >= 11 is 0. The second kappa shape index (κ2) is 7.17. The highest BCUT2D eigenvalue weighted by Gasteiger charge is 2.03. The maximum atomic E-state index is 12.8. The van der Waals surface area contributed by atoms with Crippen LogP contribution in [0.4, 0.5) is 4.39 Å². The van der Waals surface area contributed by atoms with E-state index in [-0.39, 0.29) is 11.9 Å². The zero-order valence-electron chi connectivity index (χ0n) is 11.6. The molecule has 0 aliphatic carbocycles. The van der Waals surface area contributed by atoms with Gasteiger partial charge in [0.25, 0.3) is 0 Å². The number of nitrogens with zero attached hydrogens (tertiary/aromatic N) is 2. The second-order valence-electron chi connectivity index (χ2n) is 4.80. The van der Waals surface area contributed by atoms with Crippen molar-refractivity contribution in [3.63, 3.8) is 0 Å². The molecule has 0 amide bonds. The smallest absolute Gasteiger partial charge is 0.123 e. The number of halogens is 1. The lowest BCUT2D eigenvalue weighted by molar-refractivity contribution is 0.159. The quantitative estimate of drug-likeness (QED) is 0.763. The highest BCUT2D eigenvalue weighted by atomic mass is 19.1. The van der Waals surface area contributed by atoms with Crippen LogP contribution in [0.3, 0.4) is 0 Å². The Morgan fingerprint density at radius 2 is 2.10 bits per heavy atom. The van der Waals surface area contributed by atoms with Crippen LogP contribution in [0.2, 0.25) is 0 Å². The minimum Gasteiger partial charge on any atom is -0.393 e. The fraction of sp³-hybridized carbons (Fsp3) is 0.400. The highest BCUT2D eigenvalue weighted by molar-refractivity contribution is 5.31. The van der Waals surface area contributed by atoms with Crippen molar-refractivity contribution in [2.75, 3.05) is 6.54 Å². The number of hydrogen-bond donors (Lipinski definition) is 2. The normalized spacial score (nSPS) is 12.6. The van der Waals surface area contributed by atoms with Crippen LogP contribution in [-0.4, -0.2) is 27.5 Å². The van der Waals surface area contributed by atoms with Crippen LogP contribution in [0, 0.1) is 5.82 Å². The molecule has 0 saturated heterocycles. The molecule has 4 nitrogen and oxygen atoms in total. The largest absolute Gasteiger partial charge is 0.393 e. The number of aliphatic hydroxyl groups excluding tert-OH is 1. The van der Waals surface area contributed by atoms with E-state index in [9.17, 15) is 9.50 Å². The molecule has 1 atom stereocenters. The molecule has 0 radical (unpaired) electrons. The third-order valence-electron chi connectivity index (χ3n) is 3.18. The average molecular weight is 277 g/mol. The van der Waals surface area contributed by atoms with Crippen molar-refractivity contribution in [3.8, 4) is 5.69 Å². The van der Waals surface area contributed by atoms with Crippen molar-refractivity contribution in [1.29, 1.82) is 0 Å². The van der Waals surface area contributed by atoms with Gasteiger partial charge in [0.1, 0.15) is 5.82 Å². The lowest BCUT2D eigenvalue weighted by Crippen LogP contribution is -2.19. The van der Waals surface area contributed by atoms with Gasteiger partial charge >= 0.3 is 0 Å². The van der Waals surface area contributed by atoms with E-state index in [1.807, 2.05) is 13.1 Å². The fourth-order valence-corrected chi connectivity index (χ4v) is 1.89. The number of nitrogens with one attached hydrogen (secondary N) is 1. The molecular formula is C15H20FN3O. The molecule has 0 bridgehead atoms. The summed E-state index contributed by atoms with van der Waals surface area (Å²) in [5.41, 5.74) is 1.89. The molecule has 2 N–H and O–H groups in total. The zero-order valence-corrected chi connectivity index (χ0v) is 11.6. The third-order valence-corrected chi connectivity index (χ3v) is 3.18. The molecular weight excluding hydrogens is 257 g/mol. The summed E-state index contributed by atoms with van der Waals surface area (Å²) in [4.78, 5) is 0. The van der Waals surface area contributed by atoms with Gasteiger partial charge in [0, 0.05) is 18.3 Å². The summed E-state index contributed by atoms with van der Waals surface area (Å²) < 4.78 is 14.6. The Labute approximate surface area is 118 Å². The highest BCUT2D eigenvalue weighted by Crippen LogP contribution is 2.09. The maximum absolute atomic E-state index is 12.8. The van der Waals surface area contributed by atoms with E-state index in [1.165, 1.54) is 12.1 Å². The topological polar surface area (TPSA) is 50.1 Å². The second-order valence-corrected chi connectivity index (χ2v) is 4.80. The Morgan fingerprint density at radius 1 is 1.35 bits per heavy atom. The Hall–Kier alpha value is -1.72. The Bertz CT molecular complexity index is 524. The van der Waals surface area contributed by atoms with Crippen molar-refractivity contribution in [2.24, 2.45) is 0 Å². The van der Waals surface area contributed by atoms with Crippen LogP contribution in [0.1, 0.15) is 25.3 Å². The van der Waals surface area contributed by atoms with Gasteiger partial charge in [-0.1, -0.05) is 6.92 Å². The van der Waals surface area contributed by atoms with Gasteiger partial charge in [-0.15, -0.1) is 0 Å². The molecule has 2 aromatic rings. The van der Waals surface area contributed by atoms with Crippen molar-refractivity contribution in [2.45, 2.75) is 32.4 Å².